The van der Waals surface area contributed by atoms with Crippen LogP contribution in [0.1, 0.15) is 29.0 Å². The van der Waals surface area contributed by atoms with Gasteiger partial charge >= 0.3 is 0 Å². The number of amides is 1. The molecule has 1 aromatic carbocycles. The molecule has 0 radical (unpaired) electrons. The minimum Gasteiger partial charge on any atom is -0.360 e. The van der Waals surface area contributed by atoms with Gasteiger partial charge in [0.15, 0.2) is 5.52 Å². The zero-order chi connectivity index (χ0) is 18.0. The number of carbonyl (C=O) groups is 1. The maximum absolute atomic E-state index is 12.4. The Balaban J connectivity index is 1.65. The maximum atomic E-state index is 12.4. The first kappa shape index (κ1) is 16.9. The highest BCUT2D eigenvalue weighted by Gasteiger charge is 2.15. The molecule has 0 aliphatic heterocycles. The fourth-order valence-electron chi connectivity index (χ4n) is 2.81. The van der Waals surface area contributed by atoms with E-state index in [4.69, 9.17) is 4.52 Å². The van der Waals surface area contributed by atoms with Crippen molar-refractivity contribution in [1.29, 1.82) is 0 Å². The highest BCUT2D eigenvalue weighted by molar-refractivity contribution is 5.81. The molecule has 25 heavy (non-hydrogen) atoms. The summed E-state index contributed by atoms with van der Waals surface area (Å²) in [5.74, 6) is 0.435. The van der Waals surface area contributed by atoms with Crippen LogP contribution in [0.4, 0.5) is 0 Å². The van der Waals surface area contributed by atoms with Gasteiger partial charge in [0.1, 0.15) is 5.76 Å². The Kier molecular flexibility index (Phi) is 4.65. The zero-order valence-electron chi connectivity index (χ0n) is 14.5. The summed E-state index contributed by atoms with van der Waals surface area (Å²) in [6, 6.07) is 7.95. The van der Waals surface area contributed by atoms with Crippen LogP contribution in [0.3, 0.4) is 0 Å². The first-order valence-corrected chi connectivity index (χ1v) is 8.11. The van der Waals surface area contributed by atoms with Crippen LogP contribution < -0.4 is 10.9 Å². The van der Waals surface area contributed by atoms with Gasteiger partial charge in [0, 0.05) is 13.0 Å². The van der Waals surface area contributed by atoms with Gasteiger partial charge in [-0.2, -0.15) is 5.10 Å². The molecule has 0 spiro atoms. The SMILES string of the molecule is Cc1cccc(CNC(=O)CCn2nc(C)c3c(C)onc3c2=O)c1. The van der Waals surface area contributed by atoms with Crippen molar-refractivity contribution < 1.29 is 9.32 Å². The van der Waals surface area contributed by atoms with Crippen LogP contribution in [-0.2, 0) is 17.9 Å². The van der Waals surface area contributed by atoms with Crippen molar-refractivity contribution in [2.45, 2.75) is 40.3 Å². The third kappa shape index (κ3) is 3.60. The first-order chi connectivity index (χ1) is 12.0. The fourth-order valence-corrected chi connectivity index (χ4v) is 2.81. The van der Waals surface area contributed by atoms with Crippen molar-refractivity contribution in [3.05, 3.63) is 57.2 Å². The van der Waals surface area contributed by atoms with Crippen LogP contribution in [0.15, 0.2) is 33.6 Å². The first-order valence-electron chi connectivity index (χ1n) is 8.11. The molecule has 130 valence electrons. The van der Waals surface area contributed by atoms with Crippen molar-refractivity contribution >= 4 is 16.8 Å². The number of aryl methyl sites for hydroxylation is 4. The third-order valence-electron chi connectivity index (χ3n) is 4.06. The lowest BCUT2D eigenvalue weighted by Gasteiger charge is -2.08. The molecule has 0 unspecified atom stereocenters. The lowest BCUT2D eigenvalue weighted by molar-refractivity contribution is -0.121. The molecule has 7 nitrogen and oxygen atoms in total. The summed E-state index contributed by atoms with van der Waals surface area (Å²) in [7, 11) is 0. The molecule has 0 saturated carbocycles. The predicted octanol–water partition coefficient (Wildman–Crippen LogP) is 2.02. The Morgan fingerprint density at radius 1 is 1.28 bits per heavy atom. The van der Waals surface area contributed by atoms with Gasteiger partial charge in [0.25, 0.3) is 5.56 Å². The van der Waals surface area contributed by atoms with Gasteiger partial charge in [-0.15, -0.1) is 0 Å². The summed E-state index contributed by atoms with van der Waals surface area (Å²) in [5, 5.41) is 11.6. The molecular weight excluding hydrogens is 320 g/mol. The van der Waals surface area contributed by atoms with Crippen molar-refractivity contribution in [2.75, 3.05) is 0 Å². The van der Waals surface area contributed by atoms with Crippen molar-refractivity contribution in [2.24, 2.45) is 0 Å². The van der Waals surface area contributed by atoms with Gasteiger partial charge in [0.05, 0.1) is 17.6 Å². The van der Waals surface area contributed by atoms with E-state index in [2.05, 4.69) is 15.6 Å². The number of aromatic nitrogens is 3. The lowest BCUT2D eigenvalue weighted by Crippen LogP contribution is -2.29. The smallest absolute Gasteiger partial charge is 0.296 e. The van der Waals surface area contributed by atoms with Gasteiger partial charge in [-0.1, -0.05) is 35.0 Å². The minimum absolute atomic E-state index is 0.135. The van der Waals surface area contributed by atoms with E-state index in [1.54, 1.807) is 13.8 Å². The summed E-state index contributed by atoms with van der Waals surface area (Å²) in [5.41, 5.74) is 2.76. The summed E-state index contributed by atoms with van der Waals surface area (Å²) >= 11 is 0. The van der Waals surface area contributed by atoms with E-state index in [1.165, 1.54) is 4.68 Å². The van der Waals surface area contributed by atoms with Crippen LogP contribution in [0.25, 0.3) is 10.9 Å². The molecule has 0 atom stereocenters. The van der Waals surface area contributed by atoms with E-state index in [0.29, 0.717) is 23.4 Å². The number of benzene rings is 1. The Bertz CT molecular complexity index is 988. The summed E-state index contributed by atoms with van der Waals surface area (Å²) in [4.78, 5) is 24.4. The molecule has 0 aliphatic carbocycles. The van der Waals surface area contributed by atoms with Crippen LogP contribution in [0, 0.1) is 20.8 Å². The topological polar surface area (TPSA) is 90.0 Å². The summed E-state index contributed by atoms with van der Waals surface area (Å²) in [6.45, 7) is 6.20. The average molecular weight is 340 g/mol. The van der Waals surface area contributed by atoms with Gasteiger partial charge in [0.2, 0.25) is 5.91 Å². The van der Waals surface area contributed by atoms with Crippen LogP contribution in [-0.4, -0.2) is 20.8 Å². The summed E-state index contributed by atoms with van der Waals surface area (Å²) < 4.78 is 6.34. The van der Waals surface area contributed by atoms with E-state index in [1.807, 2.05) is 31.2 Å². The second kappa shape index (κ2) is 6.88. The van der Waals surface area contributed by atoms with E-state index in [-0.39, 0.29) is 29.9 Å². The van der Waals surface area contributed by atoms with Gasteiger partial charge in [-0.25, -0.2) is 4.68 Å². The number of hydrogen-bond donors (Lipinski definition) is 1. The molecule has 3 rings (SSSR count). The second-order valence-corrected chi connectivity index (χ2v) is 6.09. The van der Waals surface area contributed by atoms with Crippen LogP contribution in [0.2, 0.25) is 0 Å². The second-order valence-electron chi connectivity index (χ2n) is 6.09. The highest BCUT2D eigenvalue weighted by atomic mass is 16.5. The van der Waals surface area contributed by atoms with Crippen LogP contribution >= 0.6 is 0 Å². The Morgan fingerprint density at radius 2 is 2.08 bits per heavy atom. The normalized spacial score (nSPS) is 11.0. The maximum Gasteiger partial charge on any atom is 0.296 e. The molecule has 7 heteroatoms. The van der Waals surface area contributed by atoms with E-state index < -0.39 is 0 Å². The van der Waals surface area contributed by atoms with Crippen molar-refractivity contribution in [3.63, 3.8) is 0 Å². The Hall–Kier alpha value is -2.96. The molecule has 0 saturated heterocycles. The number of rotatable bonds is 5. The third-order valence-corrected chi connectivity index (χ3v) is 4.06. The van der Waals surface area contributed by atoms with Gasteiger partial charge in [-0.05, 0) is 26.3 Å². The average Bonchev–Trinajstić information content (AvgIpc) is 2.97. The molecule has 2 heterocycles. The Morgan fingerprint density at radius 3 is 2.84 bits per heavy atom. The van der Waals surface area contributed by atoms with E-state index in [0.717, 1.165) is 11.1 Å². The fraction of sp³-hybridized carbons (Fsp3) is 0.333. The predicted molar refractivity (Wildman–Crippen MR) is 93.2 cm³/mol. The lowest BCUT2D eigenvalue weighted by atomic mass is 10.1. The van der Waals surface area contributed by atoms with E-state index >= 15 is 0 Å². The number of nitrogens with one attached hydrogen (secondary N) is 1. The largest absolute Gasteiger partial charge is 0.360 e. The highest BCUT2D eigenvalue weighted by Crippen LogP contribution is 2.16. The Labute approximate surface area is 144 Å². The molecule has 0 aliphatic rings. The molecule has 0 fully saturated rings. The molecule has 0 bridgehead atoms. The minimum atomic E-state index is -0.344. The number of fused-ring (bicyclic) bond motifs is 1. The summed E-state index contributed by atoms with van der Waals surface area (Å²) in [6.07, 6.45) is 0.167. The van der Waals surface area contributed by atoms with Crippen molar-refractivity contribution in [3.8, 4) is 0 Å². The zero-order valence-corrected chi connectivity index (χ0v) is 14.5. The van der Waals surface area contributed by atoms with E-state index in [9.17, 15) is 9.59 Å². The molecule has 1 N–H and O–H groups in total. The van der Waals surface area contributed by atoms with Crippen molar-refractivity contribution in [1.82, 2.24) is 20.3 Å². The molecule has 2 aromatic heterocycles. The van der Waals surface area contributed by atoms with Crippen LogP contribution in [0.5, 0.6) is 0 Å². The molecule has 1 amide bonds. The monoisotopic (exact) mass is 340 g/mol. The van der Waals surface area contributed by atoms with Gasteiger partial charge in [-0.3, -0.25) is 9.59 Å². The standard InChI is InChI=1S/C18H20N4O3/c1-11-5-4-6-14(9-11)10-19-15(23)7-8-22-18(24)17-16(12(2)20-22)13(3)25-21-17/h4-6,9H,7-8,10H2,1-3H3,(H,19,23). The molecular formula is C18H20N4O3. The number of carbonyl (C=O) groups excluding carboxylic acids is 1. The number of nitrogens with zero attached hydrogens (tertiary/aromatic N) is 3. The molecule has 3 aromatic rings. The number of hydrogen-bond acceptors (Lipinski definition) is 5. The quantitative estimate of drug-likeness (QED) is 0.767. The van der Waals surface area contributed by atoms with Gasteiger partial charge < -0.3 is 9.84 Å².